The zero-order valence-electron chi connectivity index (χ0n) is 10.9. The lowest BCUT2D eigenvalue weighted by Gasteiger charge is -2.53. The van der Waals surface area contributed by atoms with Crippen LogP contribution >= 0.6 is 0 Å². The summed E-state index contributed by atoms with van der Waals surface area (Å²) in [5.41, 5.74) is 10.0. The summed E-state index contributed by atoms with van der Waals surface area (Å²) in [6, 6.07) is -0.715. The second-order valence-electron chi connectivity index (χ2n) is 5.42. The standard InChI is InChI=1S/C12H20N4O3/c13-9(17)3-2-8(10(14)18)16-7-12(11(16)19)4-1-5-15-6-12/h8,15H,1-7H2,(H2,13,17)(H2,14,18)/t8-,12?/m0/s1. The van der Waals surface area contributed by atoms with Gasteiger partial charge in [-0.2, -0.15) is 0 Å². The van der Waals surface area contributed by atoms with Crippen molar-refractivity contribution < 1.29 is 14.4 Å². The molecule has 2 heterocycles. The lowest BCUT2D eigenvalue weighted by molar-refractivity contribution is -0.169. The Morgan fingerprint density at radius 1 is 1.42 bits per heavy atom. The Hall–Kier alpha value is -1.63. The summed E-state index contributed by atoms with van der Waals surface area (Å²) < 4.78 is 0. The van der Waals surface area contributed by atoms with Gasteiger partial charge < -0.3 is 21.7 Å². The Balaban J connectivity index is 1.99. The smallest absolute Gasteiger partial charge is 0.240 e. The molecule has 106 valence electrons. The topological polar surface area (TPSA) is 119 Å². The first kappa shape index (κ1) is 13.8. The molecule has 2 aliphatic heterocycles. The summed E-state index contributed by atoms with van der Waals surface area (Å²) in [4.78, 5) is 36.0. The van der Waals surface area contributed by atoms with Crippen LogP contribution in [0.25, 0.3) is 0 Å². The number of likely N-dealkylation sites (tertiary alicyclic amines) is 1. The maximum atomic E-state index is 12.3. The molecule has 2 saturated heterocycles. The van der Waals surface area contributed by atoms with Crippen LogP contribution in [0.4, 0.5) is 0 Å². The number of nitrogens with two attached hydrogens (primary N) is 2. The molecule has 2 rings (SSSR count). The molecule has 19 heavy (non-hydrogen) atoms. The van der Waals surface area contributed by atoms with Crippen LogP contribution in [0.3, 0.4) is 0 Å². The minimum atomic E-state index is -0.715. The Bertz CT molecular complexity index is 404. The van der Waals surface area contributed by atoms with Gasteiger partial charge in [-0.05, 0) is 25.8 Å². The molecule has 0 saturated carbocycles. The average molecular weight is 268 g/mol. The van der Waals surface area contributed by atoms with Crippen LogP contribution in [-0.4, -0.2) is 48.3 Å². The van der Waals surface area contributed by atoms with Gasteiger partial charge in [0.2, 0.25) is 17.7 Å². The molecule has 0 aromatic heterocycles. The van der Waals surface area contributed by atoms with E-state index in [9.17, 15) is 14.4 Å². The fourth-order valence-corrected chi connectivity index (χ4v) is 2.95. The number of piperidine rings is 1. The summed E-state index contributed by atoms with van der Waals surface area (Å²) in [7, 11) is 0. The zero-order valence-corrected chi connectivity index (χ0v) is 10.9. The van der Waals surface area contributed by atoms with Gasteiger partial charge in [-0.3, -0.25) is 14.4 Å². The first-order chi connectivity index (χ1) is 8.96. The van der Waals surface area contributed by atoms with E-state index in [1.165, 1.54) is 4.90 Å². The van der Waals surface area contributed by atoms with Crippen molar-refractivity contribution in [3.63, 3.8) is 0 Å². The minimum Gasteiger partial charge on any atom is -0.370 e. The van der Waals surface area contributed by atoms with Crippen molar-refractivity contribution in [2.75, 3.05) is 19.6 Å². The lowest BCUT2D eigenvalue weighted by Crippen LogP contribution is -2.70. The largest absolute Gasteiger partial charge is 0.370 e. The number of rotatable bonds is 5. The molecule has 1 unspecified atom stereocenters. The quantitative estimate of drug-likeness (QED) is 0.516. The van der Waals surface area contributed by atoms with E-state index in [2.05, 4.69) is 5.32 Å². The lowest BCUT2D eigenvalue weighted by atomic mass is 9.72. The molecule has 0 aliphatic carbocycles. The molecule has 3 amide bonds. The van der Waals surface area contributed by atoms with Gasteiger partial charge in [0, 0.05) is 19.5 Å². The summed E-state index contributed by atoms with van der Waals surface area (Å²) in [5, 5.41) is 3.21. The fourth-order valence-electron chi connectivity index (χ4n) is 2.95. The average Bonchev–Trinajstić information content (AvgIpc) is 2.38. The van der Waals surface area contributed by atoms with E-state index in [0.717, 1.165) is 19.4 Å². The van der Waals surface area contributed by atoms with Gasteiger partial charge in [-0.25, -0.2) is 0 Å². The molecule has 2 aliphatic rings. The SMILES string of the molecule is NC(=O)CC[C@@H](C(N)=O)N1CC2(CCCNC2)C1=O. The number of nitrogens with zero attached hydrogens (tertiary/aromatic N) is 1. The van der Waals surface area contributed by atoms with Crippen molar-refractivity contribution in [3.8, 4) is 0 Å². The van der Waals surface area contributed by atoms with Crippen LogP contribution in [0.2, 0.25) is 0 Å². The molecule has 2 fully saturated rings. The van der Waals surface area contributed by atoms with Crippen LogP contribution in [-0.2, 0) is 14.4 Å². The highest BCUT2D eigenvalue weighted by molar-refractivity contribution is 5.94. The zero-order chi connectivity index (χ0) is 14.0. The molecule has 1 spiro atoms. The van der Waals surface area contributed by atoms with Crippen molar-refractivity contribution >= 4 is 17.7 Å². The van der Waals surface area contributed by atoms with Crippen molar-refractivity contribution in [1.29, 1.82) is 0 Å². The maximum absolute atomic E-state index is 12.3. The highest BCUT2D eigenvalue weighted by atomic mass is 16.2. The number of primary amides is 2. The van der Waals surface area contributed by atoms with Gasteiger partial charge in [0.05, 0.1) is 5.41 Å². The number of carbonyl (C=O) groups is 3. The van der Waals surface area contributed by atoms with Crippen LogP contribution in [0.15, 0.2) is 0 Å². The van der Waals surface area contributed by atoms with E-state index < -0.39 is 17.9 Å². The van der Waals surface area contributed by atoms with Gasteiger partial charge in [0.15, 0.2) is 0 Å². The van der Waals surface area contributed by atoms with Gasteiger partial charge in [0.25, 0.3) is 0 Å². The third-order valence-electron chi connectivity index (χ3n) is 4.03. The van der Waals surface area contributed by atoms with Crippen LogP contribution < -0.4 is 16.8 Å². The number of carbonyl (C=O) groups excluding carboxylic acids is 3. The number of amides is 3. The predicted octanol–water partition coefficient (Wildman–Crippen LogP) is -1.68. The highest BCUT2D eigenvalue weighted by Gasteiger charge is 2.54. The van der Waals surface area contributed by atoms with Gasteiger partial charge in [-0.15, -0.1) is 0 Å². The van der Waals surface area contributed by atoms with E-state index >= 15 is 0 Å². The monoisotopic (exact) mass is 268 g/mol. The van der Waals surface area contributed by atoms with Gasteiger partial charge in [-0.1, -0.05) is 0 Å². The van der Waals surface area contributed by atoms with Crippen molar-refractivity contribution in [1.82, 2.24) is 10.2 Å². The number of β-lactam (4-membered cyclic amide) rings is 1. The van der Waals surface area contributed by atoms with E-state index in [4.69, 9.17) is 11.5 Å². The van der Waals surface area contributed by atoms with Crippen molar-refractivity contribution in [3.05, 3.63) is 0 Å². The molecule has 0 aromatic carbocycles. The van der Waals surface area contributed by atoms with E-state index in [-0.39, 0.29) is 24.2 Å². The fraction of sp³-hybridized carbons (Fsp3) is 0.750. The van der Waals surface area contributed by atoms with Gasteiger partial charge >= 0.3 is 0 Å². The number of hydrogen-bond acceptors (Lipinski definition) is 4. The second kappa shape index (κ2) is 5.16. The third-order valence-corrected chi connectivity index (χ3v) is 4.03. The molecule has 2 atom stereocenters. The van der Waals surface area contributed by atoms with Crippen LogP contribution in [0.1, 0.15) is 25.7 Å². The molecular weight excluding hydrogens is 248 g/mol. The minimum absolute atomic E-state index is 0.0343. The number of hydrogen-bond donors (Lipinski definition) is 3. The Morgan fingerprint density at radius 2 is 2.16 bits per heavy atom. The summed E-state index contributed by atoms with van der Waals surface area (Å²) in [6.45, 7) is 2.12. The normalized spacial score (nSPS) is 28.0. The summed E-state index contributed by atoms with van der Waals surface area (Å²) in [5.74, 6) is -1.10. The maximum Gasteiger partial charge on any atom is 0.240 e. The van der Waals surface area contributed by atoms with Gasteiger partial charge in [0.1, 0.15) is 6.04 Å². The summed E-state index contributed by atoms with van der Waals surface area (Å²) in [6.07, 6.45) is 2.07. The van der Waals surface area contributed by atoms with E-state index in [1.807, 2.05) is 0 Å². The molecule has 0 bridgehead atoms. The molecule has 0 aromatic rings. The molecule has 0 radical (unpaired) electrons. The van der Waals surface area contributed by atoms with Crippen molar-refractivity contribution in [2.24, 2.45) is 16.9 Å². The van der Waals surface area contributed by atoms with Crippen LogP contribution in [0, 0.1) is 5.41 Å². The molecule has 7 heteroatoms. The number of nitrogens with one attached hydrogen (secondary N) is 1. The molecule has 7 nitrogen and oxygen atoms in total. The molecular formula is C12H20N4O3. The Kier molecular flexibility index (Phi) is 3.75. The molecule has 5 N–H and O–H groups in total. The first-order valence-corrected chi connectivity index (χ1v) is 6.56. The Morgan fingerprint density at radius 3 is 2.63 bits per heavy atom. The predicted molar refractivity (Wildman–Crippen MR) is 67.7 cm³/mol. The second-order valence-corrected chi connectivity index (χ2v) is 5.42. The third kappa shape index (κ3) is 2.56. The highest BCUT2D eigenvalue weighted by Crippen LogP contribution is 2.39. The van der Waals surface area contributed by atoms with Crippen LogP contribution in [0.5, 0.6) is 0 Å². The van der Waals surface area contributed by atoms with E-state index in [0.29, 0.717) is 13.1 Å². The first-order valence-electron chi connectivity index (χ1n) is 6.56. The van der Waals surface area contributed by atoms with E-state index in [1.54, 1.807) is 0 Å². The van der Waals surface area contributed by atoms with Crippen molar-refractivity contribution in [2.45, 2.75) is 31.7 Å². The Labute approximate surface area is 111 Å². The summed E-state index contributed by atoms with van der Waals surface area (Å²) >= 11 is 0.